The van der Waals surface area contributed by atoms with Crippen LogP contribution in [-0.2, 0) is 0 Å². The number of aromatic nitrogens is 4. The van der Waals surface area contributed by atoms with Crippen LogP contribution in [0.3, 0.4) is 0 Å². The van der Waals surface area contributed by atoms with Crippen LogP contribution in [0.1, 0.15) is 0 Å². The summed E-state index contributed by atoms with van der Waals surface area (Å²) in [7, 11) is 0. The molecule has 0 bridgehead atoms. The molecule has 0 saturated heterocycles. The molecule has 0 fully saturated rings. The summed E-state index contributed by atoms with van der Waals surface area (Å²) in [4.78, 5) is 15.1. The maximum Gasteiger partial charge on any atom is 0.167 e. The number of benzene rings is 7. The van der Waals surface area contributed by atoms with E-state index >= 15 is 0 Å². The van der Waals surface area contributed by atoms with Gasteiger partial charge in [-0.05, 0) is 41.5 Å². The van der Waals surface area contributed by atoms with Crippen LogP contribution in [0.5, 0.6) is 0 Å². The minimum Gasteiger partial charge on any atom is -0.455 e. The van der Waals surface area contributed by atoms with Crippen LogP contribution in [0.25, 0.3) is 94.7 Å². The van der Waals surface area contributed by atoms with Crippen molar-refractivity contribution in [3.63, 3.8) is 0 Å². The summed E-state index contributed by atoms with van der Waals surface area (Å²) < 4.78 is 9.29. The number of nitrogens with zero attached hydrogens (tertiary/aromatic N) is 4. The zero-order chi connectivity index (χ0) is 33.0. The molecule has 234 valence electrons. The maximum atomic E-state index is 6.97. The van der Waals surface area contributed by atoms with E-state index in [1.807, 2.05) is 66.7 Å². The maximum absolute atomic E-state index is 6.97. The first kappa shape index (κ1) is 28.2. The van der Waals surface area contributed by atoms with Crippen LogP contribution in [0, 0.1) is 0 Å². The van der Waals surface area contributed by atoms with Gasteiger partial charge in [-0.1, -0.05) is 133 Å². The molecule has 10 aromatic rings. The minimum atomic E-state index is 0.560. The molecule has 0 spiro atoms. The second-order valence-electron chi connectivity index (χ2n) is 12.4. The average molecular weight is 641 g/mol. The molecule has 0 aliphatic rings. The summed E-state index contributed by atoms with van der Waals surface area (Å²) >= 11 is 0. The van der Waals surface area contributed by atoms with Gasteiger partial charge in [0.15, 0.2) is 17.5 Å². The van der Waals surface area contributed by atoms with Gasteiger partial charge in [0.05, 0.1) is 16.6 Å². The van der Waals surface area contributed by atoms with Crippen LogP contribution in [0.2, 0.25) is 0 Å². The van der Waals surface area contributed by atoms with E-state index in [9.17, 15) is 0 Å². The molecule has 0 saturated carbocycles. The van der Waals surface area contributed by atoms with Gasteiger partial charge in [-0.15, -0.1) is 0 Å². The highest BCUT2D eigenvalue weighted by Gasteiger charge is 2.23. The normalized spacial score (nSPS) is 11.6. The summed E-state index contributed by atoms with van der Waals surface area (Å²) in [5, 5.41) is 4.44. The van der Waals surface area contributed by atoms with Gasteiger partial charge in [0.25, 0.3) is 0 Å². The third-order valence-electron chi connectivity index (χ3n) is 9.45. The Morgan fingerprint density at radius 3 is 1.60 bits per heavy atom. The van der Waals surface area contributed by atoms with Crippen molar-refractivity contribution < 1.29 is 4.42 Å². The Morgan fingerprint density at radius 1 is 0.400 bits per heavy atom. The van der Waals surface area contributed by atoms with Crippen LogP contribution in [-0.4, -0.2) is 19.5 Å². The Hall–Kier alpha value is -6.85. The third kappa shape index (κ3) is 4.52. The lowest BCUT2D eigenvalue weighted by molar-refractivity contribution is 0.670. The number of furan rings is 1. The highest BCUT2D eigenvalue weighted by molar-refractivity contribution is 6.21. The van der Waals surface area contributed by atoms with E-state index < -0.39 is 0 Å². The van der Waals surface area contributed by atoms with Crippen LogP contribution in [0.15, 0.2) is 174 Å². The summed E-state index contributed by atoms with van der Waals surface area (Å²) in [5.41, 5.74) is 9.76. The van der Waals surface area contributed by atoms with Gasteiger partial charge in [0, 0.05) is 44.4 Å². The van der Waals surface area contributed by atoms with Gasteiger partial charge in [-0.25, -0.2) is 15.0 Å². The van der Waals surface area contributed by atoms with E-state index in [0.29, 0.717) is 17.5 Å². The zero-order valence-corrected chi connectivity index (χ0v) is 26.9. The van der Waals surface area contributed by atoms with Gasteiger partial charge in [-0.2, -0.15) is 0 Å². The Bertz CT molecular complexity index is 2780. The van der Waals surface area contributed by atoms with E-state index in [0.717, 1.165) is 66.5 Å². The topological polar surface area (TPSA) is 56.7 Å². The Labute approximate surface area is 287 Å². The van der Waals surface area contributed by atoms with Crippen molar-refractivity contribution in [3.05, 3.63) is 170 Å². The molecule has 5 nitrogen and oxygen atoms in total. The molecule has 7 aromatic carbocycles. The monoisotopic (exact) mass is 640 g/mol. The molecule has 5 heteroatoms. The lowest BCUT2D eigenvalue weighted by atomic mass is 9.96. The second-order valence-corrected chi connectivity index (χ2v) is 12.4. The molecule has 0 N–H and O–H groups in total. The molecular weight excluding hydrogens is 613 g/mol. The van der Waals surface area contributed by atoms with Gasteiger partial charge in [0.1, 0.15) is 11.2 Å². The number of para-hydroxylation sites is 2. The summed E-state index contributed by atoms with van der Waals surface area (Å²) in [6.45, 7) is 0. The molecule has 50 heavy (non-hydrogen) atoms. The molecular formula is C45H28N4O. The molecule has 0 aliphatic heterocycles. The molecule has 10 rings (SSSR count). The largest absolute Gasteiger partial charge is 0.455 e. The smallest absolute Gasteiger partial charge is 0.167 e. The quantitative estimate of drug-likeness (QED) is 0.188. The van der Waals surface area contributed by atoms with Gasteiger partial charge >= 0.3 is 0 Å². The fourth-order valence-corrected chi connectivity index (χ4v) is 7.16. The van der Waals surface area contributed by atoms with Crippen molar-refractivity contribution in [3.8, 4) is 51.0 Å². The van der Waals surface area contributed by atoms with E-state index in [4.69, 9.17) is 19.4 Å². The molecule has 0 aliphatic carbocycles. The van der Waals surface area contributed by atoms with Crippen molar-refractivity contribution in [1.82, 2.24) is 19.5 Å². The van der Waals surface area contributed by atoms with Gasteiger partial charge in [-0.3, -0.25) is 0 Å². The van der Waals surface area contributed by atoms with Crippen molar-refractivity contribution in [2.45, 2.75) is 0 Å². The average Bonchev–Trinajstić information content (AvgIpc) is 3.73. The lowest BCUT2D eigenvalue weighted by Gasteiger charge is -2.10. The minimum absolute atomic E-state index is 0.560. The molecule has 3 heterocycles. The van der Waals surface area contributed by atoms with E-state index in [1.54, 1.807) is 0 Å². The number of hydrogen-bond acceptors (Lipinski definition) is 4. The van der Waals surface area contributed by atoms with Crippen molar-refractivity contribution in [2.24, 2.45) is 0 Å². The Balaban J connectivity index is 1.30. The Kier molecular flexibility index (Phi) is 6.42. The fourth-order valence-electron chi connectivity index (χ4n) is 7.16. The van der Waals surface area contributed by atoms with Crippen molar-refractivity contribution >= 4 is 43.7 Å². The highest BCUT2D eigenvalue weighted by atomic mass is 16.3. The summed E-state index contributed by atoms with van der Waals surface area (Å²) in [6.07, 6.45) is 0. The van der Waals surface area contributed by atoms with Crippen molar-refractivity contribution in [1.29, 1.82) is 0 Å². The lowest BCUT2D eigenvalue weighted by Crippen LogP contribution is -2.00. The fraction of sp³-hybridized carbons (Fsp3) is 0. The van der Waals surface area contributed by atoms with Gasteiger partial charge in [0.2, 0.25) is 0 Å². The summed E-state index contributed by atoms with van der Waals surface area (Å²) in [5.74, 6) is 1.78. The van der Waals surface area contributed by atoms with Crippen LogP contribution >= 0.6 is 0 Å². The highest BCUT2D eigenvalue weighted by Crippen LogP contribution is 2.44. The number of fused-ring (bicyclic) bond motifs is 6. The number of rotatable bonds is 5. The number of hydrogen-bond donors (Lipinski definition) is 0. The van der Waals surface area contributed by atoms with Crippen LogP contribution in [0.4, 0.5) is 0 Å². The summed E-state index contributed by atoms with van der Waals surface area (Å²) in [6, 6.07) is 58.5. The van der Waals surface area contributed by atoms with Gasteiger partial charge < -0.3 is 8.98 Å². The van der Waals surface area contributed by atoms with Crippen LogP contribution < -0.4 is 0 Å². The predicted molar refractivity (Wildman–Crippen MR) is 203 cm³/mol. The first-order valence-corrected chi connectivity index (χ1v) is 16.7. The van der Waals surface area contributed by atoms with Crippen molar-refractivity contribution in [2.75, 3.05) is 0 Å². The molecule has 0 atom stereocenters. The standard InChI is InChI=1S/C45H28N4O/c1-5-15-29(16-6-1)33-25-26-35(45-47-43(30-17-7-2-8-18-30)46-44(48-45)31-19-9-3-10-20-31)42-41(33)37-27-36-34-23-13-14-24-38(34)49(32-21-11-4-12-22-32)39(36)28-40(37)50-42/h1-28H. The third-order valence-corrected chi connectivity index (χ3v) is 9.45. The zero-order valence-electron chi connectivity index (χ0n) is 26.9. The van der Waals surface area contributed by atoms with E-state index in [-0.39, 0.29) is 0 Å². The first-order valence-electron chi connectivity index (χ1n) is 16.7. The molecule has 3 aromatic heterocycles. The first-order chi connectivity index (χ1) is 24.8. The molecule has 0 unspecified atom stereocenters. The predicted octanol–water partition coefficient (Wildman–Crippen LogP) is 11.5. The molecule has 0 radical (unpaired) electrons. The Morgan fingerprint density at radius 2 is 0.940 bits per heavy atom. The SMILES string of the molecule is c1ccc(-c2nc(-c3ccccc3)nc(-c3ccc(-c4ccccc4)c4c3oc3cc5c(cc34)c3ccccc3n5-c3ccccc3)n2)cc1. The molecule has 0 amide bonds. The van der Waals surface area contributed by atoms with E-state index in [2.05, 4.69) is 108 Å². The van der Waals surface area contributed by atoms with E-state index in [1.165, 1.54) is 10.8 Å². The second kappa shape index (κ2) is 11.4.